The highest BCUT2D eigenvalue weighted by molar-refractivity contribution is 7.21. The molecule has 0 amide bonds. The van der Waals surface area contributed by atoms with Gasteiger partial charge in [-0.25, -0.2) is 0 Å². The van der Waals surface area contributed by atoms with Crippen molar-refractivity contribution in [1.82, 2.24) is 4.57 Å². The third-order valence-electron chi connectivity index (χ3n) is 5.44. The number of carbonyl (C=O) groups excluding carboxylic acids is 1. The van der Waals surface area contributed by atoms with Gasteiger partial charge in [0.2, 0.25) is 11.7 Å². The van der Waals surface area contributed by atoms with Gasteiger partial charge in [-0.2, -0.15) is 5.26 Å². The number of rotatable bonds is 4. The maximum atomic E-state index is 13.6. The number of thiophene rings is 1. The van der Waals surface area contributed by atoms with E-state index < -0.39 is 23.3 Å². The predicted molar refractivity (Wildman–Crippen MR) is 127 cm³/mol. The molecule has 0 bridgehead atoms. The fraction of sp³-hybridized carbons (Fsp3) is 0.125. The number of fused-ring (bicyclic) bond motifs is 1. The van der Waals surface area contributed by atoms with Crippen molar-refractivity contribution in [3.05, 3.63) is 96.1 Å². The summed E-state index contributed by atoms with van der Waals surface area (Å²) >= 11 is 13.7. The molecule has 5 nitrogen and oxygen atoms in total. The molecule has 0 saturated carbocycles. The van der Waals surface area contributed by atoms with Crippen LogP contribution in [0.25, 0.3) is 10.1 Å². The molecule has 0 aliphatic carbocycles. The zero-order valence-corrected chi connectivity index (χ0v) is 19.3. The van der Waals surface area contributed by atoms with E-state index in [1.807, 2.05) is 24.3 Å². The third-order valence-corrected chi connectivity index (χ3v) is 7.33. The van der Waals surface area contributed by atoms with Crippen molar-refractivity contribution in [2.24, 2.45) is 0 Å². The topological polar surface area (TPSA) is 83.1 Å². The molecule has 160 valence electrons. The second kappa shape index (κ2) is 8.44. The van der Waals surface area contributed by atoms with E-state index in [2.05, 4.69) is 0 Å². The molecule has 8 heteroatoms. The minimum atomic E-state index is -0.662. The summed E-state index contributed by atoms with van der Waals surface area (Å²) in [5.74, 6) is -1.06. The highest BCUT2D eigenvalue weighted by Gasteiger charge is 2.29. The molecule has 0 fully saturated rings. The van der Waals surface area contributed by atoms with Crippen LogP contribution in [0.5, 0.6) is 5.88 Å². The van der Waals surface area contributed by atoms with E-state index >= 15 is 0 Å². The Bertz CT molecular complexity index is 1480. The van der Waals surface area contributed by atoms with Crippen LogP contribution >= 0.6 is 34.5 Å². The van der Waals surface area contributed by atoms with Gasteiger partial charge in [-0.05, 0) is 37.1 Å². The van der Waals surface area contributed by atoms with Gasteiger partial charge >= 0.3 is 0 Å². The molecule has 0 saturated heterocycles. The van der Waals surface area contributed by atoms with E-state index in [4.69, 9.17) is 23.2 Å². The van der Waals surface area contributed by atoms with Gasteiger partial charge in [-0.1, -0.05) is 59.6 Å². The molecular weight excluding hydrogens is 467 g/mol. The molecule has 2 heterocycles. The lowest BCUT2D eigenvalue weighted by Crippen LogP contribution is -2.29. The van der Waals surface area contributed by atoms with Crippen molar-refractivity contribution < 1.29 is 9.90 Å². The van der Waals surface area contributed by atoms with Gasteiger partial charge in [-0.15, -0.1) is 11.3 Å². The number of pyridine rings is 1. The highest BCUT2D eigenvalue weighted by atomic mass is 35.5. The SMILES string of the molecule is Cc1c(C(=O)c2sc3cc(Cl)ccc3c2Cl)c(O)n(C(C)c2ccccc2)c(=O)c1C#N. The fourth-order valence-electron chi connectivity index (χ4n) is 3.73. The first kappa shape index (κ1) is 22.1. The van der Waals surface area contributed by atoms with Crippen LogP contribution < -0.4 is 5.56 Å². The molecular formula is C24H16Cl2N2O3S. The standard InChI is InChI=1S/C24H16Cl2N2O3S/c1-12-17(11-27)23(30)28(13(2)14-6-4-3-5-7-14)24(31)19(12)21(29)22-20(26)16-9-8-15(25)10-18(16)32-22/h3-10,13,31H,1-2H3. The van der Waals surface area contributed by atoms with Crippen LogP contribution in [-0.4, -0.2) is 15.5 Å². The summed E-state index contributed by atoms with van der Waals surface area (Å²) < 4.78 is 1.79. The van der Waals surface area contributed by atoms with E-state index in [-0.39, 0.29) is 26.6 Å². The monoisotopic (exact) mass is 482 g/mol. The van der Waals surface area contributed by atoms with Gasteiger partial charge in [-0.3, -0.25) is 14.2 Å². The zero-order chi connectivity index (χ0) is 23.2. The van der Waals surface area contributed by atoms with Gasteiger partial charge in [0.05, 0.1) is 21.5 Å². The molecule has 0 aliphatic heterocycles. The summed E-state index contributed by atoms with van der Waals surface area (Å²) in [6.07, 6.45) is 0. The second-order valence-electron chi connectivity index (χ2n) is 7.29. The Hall–Kier alpha value is -3.11. The summed E-state index contributed by atoms with van der Waals surface area (Å²) in [5, 5.41) is 22.2. The van der Waals surface area contributed by atoms with Gasteiger partial charge < -0.3 is 5.11 Å². The summed E-state index contributed by atoms with van der Waals surface area (Å²) in [6, 6.07) is 15.4. The van der Waals surface area contributed by atoms with Crippen molar-refractivity contribution in [3.63, 3.8) is 0 Å². The van der Waals surface area contributed by atoms with Gasteiger partial charge in [0, 0.05) is 15.1 Å². The Balaban J connectivity index is 1.97. The molecule has 0 spiro atoms. The summed E-state index contributed by atoms with van der Waals surface area (Å²) in [5.41, 5.74) is -0.129. The van der Waals surface area contributed by atoms with Gasteiger partial charge in [0.25, 0.3) is 5.56 Å². The van der Waals surface area contributed by atoms with Gasteiger partial charge in [0.15, 0.2) is 0 Å². The Labute approximate surface area is 197 Å². The number of ketones is 1. The van der Waals surface area contributed by atoms with E-state index in [1.165, 1.54) is 6.92 Å². The van der Waals surface area contributed by atoms with E-state index in [0.717, 1.165) is 26.2 Å². The molecule has 1 unspecified atom stereocenters. The number of hydrogen-bond acceptors (Lipinski definition) is 5. The number of halogens is 2. The van der Waals surface area contributed by atoms with Crippen molar-refractivity contribution in [3.8, 4) is 11.9 Å². The highest BCUT2D eigenvalue weighted by Crippen LogP contribution is 2.40. The first-order valence-corrected chi connectivity index (χ1v) is 11.2. The number of benzene rings is 2. The van der Waals surface area contributed by atoms with Gasteiger partial charge in [0.1, 0.15) is 11.6 Å². The van der Waals surface area contributed by atoms with Crippen molar-refractivity contribution >= 4 is 50.4 Å². The summed E-state index contributed by atoms with van der Waals surface area (Å²) in [7, 11) is 0. The number of hydrogen-bond donors (Lipinski definition) is 1. The Morgan fingerprint density at radius 2 is 1.88 bits per heavy atom. The van der Waals surface area contributed by atoms with Crippen molar-refractivity contribution in [2.75, 3.05) is 0 Å². The van der Waals surface area contributed by atoms with Crippen molar-refractivity contribution in [2.45, 2.75) is 19.9 Å². The maximum Gasteiger partial charge on any atom is 0.272 e. The molecule has 4 aromatic rings. The van der Waals surface area contributed by atoms with Crippen LogP contribution in [0, 0.1) is 18.3 Å². The first-order chi connectivity index (χ1) is 15.3. The molecule has 32 heavy (non-hydrogen) atoms. The molecule has 4 rings (SSSR count). The molecule has 1 atom stereocenters. The first-order valence-electron chi connectivity index (χ1n) is 9.61. The number of nitriles is 1. The van der Waals surface area contributed by atoms with E-state index in [1.54, 1.807) is 37.3 Å². The smallest absolute Gasteiger partial charge is 0.272 e. The minimum Gasteiger partial charge on any atom is -0.494 e. The zero-order valence-electron chi connectivity index (χ0n) is 17.0. The average Bonchev–Trinajstić information content (AvgIpc) is 3.10. The van der Waals surface area contributed by atoms with E-state index in [0.29, 0.717) is 10.4 Å². The number of nitrogens with zero attached hydrogens (tertiary/aromatic N) is 2. The van der Waals surface area contributed by atoms with Crippen LogP contribution in [0.4, 0.5) is 0 Å². The summed E-state index contributed by atoms with van der Waals surface area (Å²) in [6.45, 7) is 3.19. The molecule has 0 aliphatic rings. The second-order valence-corrected chi connectivity index (χ2v) is 9.15. The molecule has 0 radical (unpaired) electrons. The maximum absolute atomic E-state index is 13.6. The van der Waals surface area contributed by atoms with Crippen LogP contribution in [0.15, 0.2) is 53.3 Å². The van der Waals surface area contributed by atoms with Crippen LogP contribution in [-0.2, 0) is 0 Å². The molecule has 2 aromatic carbocycles. The predicted octanol–water partition coefficient (Wildman–Crippen LogP) is 6.10. The third kappa shape index (κ3) is 3.49. The lowest BCUT2D eigenvalue weighted by Gasteiger charge is -2.21. The Kier molecular flexibility index (Phi) is 5.83. The number of aromatic hydroxyl groups is 1. The fourth-order valence-corrected chi connectivity index (χ4v) is 5.47. The van der Waals surface area contributed by atoms with Crippen molar-refractivity contribution in [1.29, 1.82) is 5.26 Å². The number of carbonyl (C=O) groups is 1. The minimum absolute atomic E-state index is 0.114. The molecule has 1 N–H and O–H groups in total. The molecule has 2 aromatic heterocycles. The van der Waals surface area contributed by atoms with Crippen LogP contribution in [0.1, 0.15) is 44.9 Å². The summed E-state index contributed by atoms with van der Waals surface area (Å²) in [4.78, 5) is 26.8. The van der Waals surface area contributed by atoms with Crippen LogP contribution in [0.2, 0.25) is 10.0 Å². The lowest BCUT2D eigenvalue weighted by atomic mass is 9.99. The Morgan fingerprint density at radius 1 is 1.19 bits per heavy atom. The lowest BCUT2D eigenvalue weighted by molar-refractivity contribution is 0.103. The quantitative estimate of drug-likeness (QED) is 0.356. The Morgan fingerprint density at radius 3 is 2.53 bits per heavy atom. The normalized spacial score (nSPS) is 12.0. The largest absolute Gasteiger partial charge is 0.494 e. The number of aromatic nitrogens is 1. The average molecular weight is 483 g/mol. The van der Waals surface area contributed by atoms with E-state index in [9.17, 15) is 20.0 Å². The van der Waals surface area contributed by atoms with Crippen LogP contribution in [0.3, 0.4) is 0 Å².